The van der Waals surface area contributed by atoms with Crippen LogP contribution >= 0.6 is 0 Å². The highest BCUT2D eigenvalue weighted by Crippen LogP contribution is 2.15. The van der Waals surface area contributed by atoms with Crippen molar-refractivity contribution in [2.75, 3.05) is 6.61 Å². The van der Waals surface area contributed by atoms with Gasteiger partial charge in [0, 0.05) is 0 Å². The maximum atomic E-state index is 11.2. The van der Waals surface area contributed by atoms with Crippen LogP contribution in [0, 0.1) is 0 Å². The highest BCUT2D eigenvalue weighted by atomic mass is 16.5. The molecule has 0 aliphatic carbocycles. The van der Waals surface area contributed by atoms with Crippen LogP contribution in [0.2, 0.25) is 0 Å². The second-order valence-electron chi connectivity index (χ2n) is 3.48. The van der Waals surface area contributed by atoms with E-state index in [4.69, 9.17) is 4.74 Å². The third-order valence-corrected chi connectivity index (χ3v) is 2.23. The summed E-state index contributed by atoms with van der Waals surface area (Å²) >= 11 is 0. The molecule has 0 heterocycles. The molecule has 17 heavy (non-hydrogen) atoms. The number of carbonyl (C=O) groups excluding carboxylic acids is 1. The minimum atomic E-state index is -0.475. The molecule has 0 aliphatic rings. The van der Waals surface area contributed by atoms with Crippen molar-refractivity contribution in [3.8, 4) is 0 Å². The molecule has 4 heteroatoms. The third-order valence-electron chi connectivity index (χ3n) is 2.23. The van der Waals surface area contributed by atoms with Gasteiger partial charge in [0.05, 0.1) is 12.6 Å². The summed E-state index contributed by atoms with van der Waals surface area (Å²) in [4.78, 5) is 11.2. The lowest BCUT2D eigenvalue weighted by Crippen LogP contribution is -2.40. The zero-order chi connectivity index (χ0) is 12.5. The molecule has 0 aliphatic heterocycles. The van der Waals surface area contributed by atoms with Gasteiger partial charge in [0.2, 0.25) is 0 Å². The number of ether oxygens (including phenoxy) is 1. The van der Waals surface area contributed by atoms with Crippen LogP contribution in [0.15, 0.2) is 43.0 Å². The molecule has 0 fully saturated rings. The molecular weight excluding hydrogens is 216 g/mol. The second kappa shape index (κ2) is 7.46. The van der Waals surface area contributed by atoms with Crippen molar-refractivity contribution in [3.05, 3.63) is 48.6 Å². The van der Waals surface area contributed by atoms with Crippen LogP contribution in [0.5, 0.6) is 0 Å². The van der Waals surface area contributed by atoms with Crippen molar-refractivity contribution < 1.29 is 9.53 Å². The van der Waals surface area contributed by atoms with Crippen molar-refractivity contribution in [1.29, 1.82) is 0 Å². The highest BCUT2D eigenvalue weighted by molar-refractivity contribution is 5.66. The quantitative estimate of drug-likeness (QED) is 0.587. The number of amides is 1. The predicted octanol–water partition coefficient (Wildman–Crippen LogP) is 2.55. The molecule has 2 N–H and O–H groups in total. The summed E-state index contributed by atoms with van der Waals surface area (Å²) in [6.45, 7) is 5.82. The molecule has 0 saturated heterocycles. The lowest BCUT2D eigenvalue weighted by Gasteiger charge is -2.17. The van der Waals surface area contributed by atoms with E-state index in [1.54, 1.807) is 13.0 Å². The maximum absolute atomic E-state index is 11.2. The molecule has 0 saturated carbocycles. The molecule has 0 bridgehead atoms. The second-order valence-corrected chi connectivity index (χ2v) is 3.48. The van der Waals surface area contributed by atoms with Crippen molar-refractivity contribution in [2.24, 2.45) is 0 Å². The fourth-order valence-electron chi connectivity index (χ4n) is 1.44. The Bertz CT molecular complexity index is 352. The average molecular weight is 234 g/mol. The predicted molar refractivity (Wildman–Crippen MR) is 67.3 cm³/mol. The molecule has 1 atom stereocenters. The van der Waals surface area contributed by atoms with Gasteiger partial charge in [-0.2, -0.15) is 0 Å². The molecule has 1 unspecified atom stereocenters. The van der Waals surface area contributed by atoms with Gasteiger partial charge in [-0.3, -0.25) is 5.43 Å². The van der Waals surface area contributed by atoms with E-state index in [0.29, 0.717) is 6.61 Å². The van der Waals surface area contributed by atoms with Gasteiger partial charge >= 0.3 is 6.09 Å². The smallest absolute Gasteiger partial charge is 0.421 e. The van der Waals surface area contributed by atoms with E-state index in [1.807, 2.05) is 30.3 Å². The molecular formula is C13H18N2O2. The van der Waals surface area contributed by atoms with Gasteiger partial charge in [-0.25, -0.2) is 10.2 Å². The van der Waals surface area contributed by atoms with E-state index >= 15 is 0 Å². The minimum Gasteiger partial charge on any atom is -0.449 e. The molecule has 1 amide bonds. The first-order valence-electron chi connectivity index (χ1n) is 5.62. The normalized spacial score (nSPS) is 11.6. The summed E-state index contributed by atoms with van der Waals surface area (Å²) < 4.78 is 4.77. The zero-order valence-electron chi connectivity index (χ0n) is 9.98. The van der Waals surface area contributed by atoms with E-state index in [0.717, 1.165) is 12.0 Å². The van der Waals surface area contributed by atoms with Gasteiger partial charge in [0.15, 0.2) is 0 Å². The standard InChI is InChI=1S/C13H18N2O2/c1-3-8-12(11-9-6-5-7-10-11)14-15-13(16)17-4-2/h3,5-7,9-10,12,14H,1,4,8H2,2H3,(H,15,16). The van der Waals surface area contributed by atoms with Gasteiger partial charge in [-0.15, -0.1) is 6.58 Å². The van der Waals surface area contributed by atoms with Crippen LogP contribution in [0.3, 0.4) is 0 Å². The molecule has 92 valence electrons. The molecule has 0 radical (unpaired) electrons. The molecule has 0 aromatic heterocycles. The van der Waals surface area contributed by atoms with Crippen LogP contribution in [0.4, 0.5) is 4.79 Å². The van der Waals surface area contributed by atoms with Gasteiger partial charge in [0.25, 0.3) is 0 Å². The first kappa shape index (κ1) is 13.3. The molecule has 0 spiro atoms. The Morgan fingerprint density at radius 2 is 2.18 bits per heavy atom. The van der Waals surface area contributed by atoms with E-state index in [2.05, 4.69) is 17.4 Å². The summed E-state index contributed by atoms with van der Waals surface area (Å²) in [5.74, 6) is 0. The zero-order valence-corrected chi connectivity index (χ0v) is 9.98. The topological polar surface area (TPSA) is 50.4 Å². The van der Waals surface area contributed by atoms with Crippen LogP contribution in [0.25, 0.3) is 0 Å². The number of hydrogen-bond acceptors (Lipinski definition) is 3. The van der Waals surface area contributed by atoms with Crippen molar-refractivity contribution in [3.63, 3.8) is 0 Å². The Hall–Kier alpha value is -1.81. The van der Waals surface area contributed by atoms with Crippen LogP contribution in [-0.2, 0) is 4.74 Å². The van der Waals surface area contributed by atoms with Crippen molar-refractivity contribution in [1.82, 2.24) is 10.9 Å². The van der Waals surface area contributed by atoms with E-state index in [1.165, 1.54) is 0 Å². The van der Waals surface area contributed by atoms with Gasteiger partial charge < -0.3 is 4.74 Å². The summed E-state index contributed by atoms with van der Waals surface area (Å²) in [6, 6.07) is 9.85. The van der Waals surface area contributed by atoms with E-state index in [-0.39, 0.29) is 6.04 Å². The lowest BCUT2D eigenvalue weighted by molar-refractivity contribution is 0.145. The number of benzene rings is 1. The summed E-state index contributed by atoms with van der Waals surface area (Å²) in [5.41, 5.74) is 6.52. The summed E-state index contributed by atoms with van der Waals surface area (Å²) in [5, 5.41) is 0. The minimum absolute atomic E-state index is 0.00175. The molecule has 1 rings (SSSR count). The number of carbonyl (C=O) groups is 1. The van der Waals surface area contributed by atoms with E-state index < -0.39 is 6.09 Å². The van der Waals surface area contributed by atoms with Crippen LogP contribution in [0.1, 0.15) is 24.9 Å². The Labute approximate surface area is 102 Å². The Morgan fingerprint density at radius 1 is 1.47 bits per heavy atom. The Kier molecular flexibility index (Phi) is 5.82. The fraction of sp³-hybridized carbons (Fsp3) is 0.308. The summed E-state index contributed by atoms with van der Waals surface area (Å²) in [6.07, 6.45) is 2.05. The Morgan fingerprint density at radius 3 is 2.76 bits per heavy atom. The van der Waals surface area contributed by atoms with Crippen molar-refractivity contribution in [2.45, 2.75) is 19.4 Å². The average Bonchev–Trinajstić information content (AvgIpc) is 2.36. The van der Waals surface area contributed by atoms with Crippen LogP contribution in [-0.4, -0.2) is 12.7 Å². The molecule has 1 aromatic carbocycles. The summed E-state index contributed by atoms with van der Waals surface area (Å²) in [7, 11) is 0. The van der Waals surface area contributed by atoms with Gasteiger partial charge in [0.1, 0.15) is 0 Å². The number of hydrazine groups is 1. The highest BCUT2D eigenvalue weighted by Gasteiger charge is 2.10. The number of nitrogens with one attached hydrogen (secondary N) is 2. The van der Waals surface area contributed by atoms with Gasteiger partial charge in [-0.05, 0) is 18.9 Å². The number of rotatable bonds is 6. The van der Waals surface area contributed by atoms with E-state index in [9.17, 15) is 4.79 Å². The lowest BCUT2D eigenvalue weighted by atomic mass is 10.0. The van der Waals surface area contributed by atoms with Gasteiger partial charge in [-0.1, -0.05) is 36.4 Å². The van der Waals surface area contributed by atoms with Crippen LogP contribution < -0.4 is 10.9 Å². The van der Waals surface area contributed by atoms with Crippen molar-refractivity contribution >= 4 is 6.09 Å². The largest absolute Gasteiger partial charge is 0.449 e. The fourth-order valence-corrected chi connectivity index (χ4v) is 1.44. The Balaban J connectivity index is 2.55. The monoisotopic (exact) mass is 234 g/mol. The number of hydrogen-bond donors (Lipinski definition) is 2. The first-order chi connectivity index (χ1) is 8.27. The molecule has 1 aromatic rings. The third kappa shape index (κ3) is 4.70. The SMILES string of the molecule is C=CCC(NNC(=O)OCC)c1ccccc1. The first-order valence-corrected chi connectivity index (χ1v) is 5.62. The molecule has 4 nitrogen and oxygen atoms in total. The maximum Gasteiger partial charge on any atom is 0.421 e.